The lowest BCUT2D eigenvalue weighted by Crippen LogP contribution is -2.29. The Bertz CT molecular complexity index is 348. The molecule has 0 radical (unpaired) electrons. The molecule has 0 fully saturated rings. The molecule has 1 aromatic carbocycles. The molecule has 0 spiro atoms. The van der Waals surface area contributed by atoms with Gasteiger partial charge in [0.15, 0.2) is 0 Å². The molecule has 94 valence electrons. The molecule has 0 aliphatic heterocycles. The van der Waals surface area contributed by atoms with E-state index in [0.717, 1.165) is 5.56 Å². The first-order chi connectivity index (χ1) is 8.17. The van der Waals surface area contributed by atoms with Gasteiger partial charge < -0.3 is 15.2 Å². The molecule has 1 atom stereocenters. The van der Waals surface area contributed by atoms with Crippen molar-refractivity contribution in [2.24, 2.45) is 5.92 Å². The summed E-state index contributed by atoms with van der Waals surface area (Å²) in [5.74, 6) is -0.0408. The maximum absolute atomic E-state index is 11.7. The van der Waals surface area contributed by atoms with Gasteiger partial charge in [-0.05, 0) is 23.6 Å². The molecule has 0 aliphatic rings. The van der Waals surface area contributed by atoms with Crippen molar-refractivity contribution in [3.63, 3.8) is 0 Å². The van der Waals surface area contributed by atoms with Crippen LogP contribution in [0.15, 0.2) is 24.3 Å². The molecule has 0 saturated carbocycles. The van der Waals surface area contributed by atoms with Crippen molar-refractivity contribution in [3.8, 4) is 0 Å². The van der Waals surface area contributed by atoms with Crippen molar-refractivity contribution in [3.05, 3.63) is 35.4 Å². The van der Waals surface area contributed by atoms with Gasteiger partial charge in [0, 0.05) is 25.8 Å². The van der Waals surface area contributed by atoms with Crippen LogP contribution in [-0.4, -0.2) is 31.3 Å². The summed E-state index contributed by atoms with van der Waals surface area (Å²) in [5, 5.41) is 11.6. The van der Waals surface area contributed by atoms with Crippen LogP contribution in [-0.2, 0) is 11.3 Å². The van der Waals surface area contributed by atoms with E-state index < -0.39 is 0 Å². The number of methoxy groups -OCH3 is 1. The average Bonchev–Trinajstić information content (AvgIpc) is 2.36. The highest BCUT2D eigenvalue weighted by Crippen LogP contribution is 2.05. The van der Waals surface area contributed by atoms with Crippen LogP contribution in [0.4, 0.5) is 0 Å². The van der Waals surface area contributed by atoms with Crippen LogP contribution in [0.1, 0.15) is 22.8 Å². The van der Waals surface area contributed by atoms with Gasteiger partial charge in [0.1, 0.15) is 0 Å². The van der Waals surface area contributed by atoms with E-state index in [9.17, 15) is 4.79 Å². The minimum Gasteiger partial charge on any atom is -0.396 e. The number of hydrogen-bond donors (Lipinski definition) is 2. The molecule has 0 aliphatic carbocycles. The van der Waals surface area contributed by atoms with Crippen LogP contribution in [0.3, 0.4) is 0 Å². The van der Waals surface area contributed by atoms with Gasteiger partial charge in [0.25, 0.3) is 5.91 Å². The number of benzene rings is 1. The SMILES string of the molecule is COCc1ccc(C(=O)NCC(C)CO)cc1. The maximum Gasteiger partial charge on any atom is 0.251 e. The molecule has 0 aromatic heterocycles. The average molecular weight is 237 g/mol. The van der Waals surface area contributed by atoms with Crippen molar-refractivity contribution in [1.82, 2.24) is 5.32 Å². The second kappa shape index (κ2) is 7.04. The van der Waals surface area contributed by atoms with Crippen LogP contribution in [0.25, 0.3) is 0 Å². The zero-order valence-corrected chi connectivity index (χ0v) is 10.3. The highest BCUT2D eigenvalue weighted by Gasteiger charge is 2.07. The summed E-state index contributed by atoms with van der Waals surface area (Å²) >= 11 is 0. The number of carbonyl (C=O) groups is 1. The summed E-state index contributed by atoms with van der Waals surface area (Å²) in [4.78, 5) is 11.7. The first kappa shape index (κ1) is 13.7. The third-order valence-corrected chi connectivity index (χ3v) is 2.45. The summed E-state index contributed by atoms with van der Waals surface area (Å²) in [6, 6.07) is 7.28. The summed E-state index contributed by atoms with van der Waals surface area (Å²) in [6.07, 6.45) is 0. The predicted molar refractivity (Wildman–Crippen MR) is 65.7 cm³/mol. The Labute approximate surface area is 102 Å². The van der Waals surface area contributed by atoms with Gasteiger partial charge in [-0.2, -0.15) is 0 Å². The molecule has 4 nitrogen and oxygen atoms in total. The second-order valence-corrected chi connectivity index (χ2v) is 4.13. The second-order valence-electron chi connectivity index (χ2n) is 4.13. The lowest BCUT2D eigenvalue weighted by atomic mass is 10.1. The number of nitrogens with one attached hydrogen (secondary N) is 1. The monoisotopic (exact) mass is 237 g/mol. The van der Waals surface area contributed by atoms with E-state index in [0.29, 0.717) is 18.7 Å². The molecule has 1 aromatic rings. The summed E-state index contributed by atoms with van der Waals surface area (Å²) in [5.41, 5.74) is 1.66. The fraction of sp³-hybridized carbons (Fsp3) is 0.462. The third kappa shape index (κ3) is 4.54. The Morgan fingerprint density at radius 3 is 2.59 bits per heavy atom. The normalized spacial score (nSPS) is 12.2. The van der Waals surface area contributed by atoms with E-state index >= 15 is 0 Å². The zero-order chi connectivity index (χ0) is 12.7. The van der Waals surface area contributed by atoms with E-state index in [4.69, 9.17) is 9.84 Å². The van der Waals surface area contributed by atoms with Gasteiger partial charge in [-0.25, -0.2) is 0 Å². The number of rotatable bonds is 6. The Morgan fingerprint density at radius 1 is 1.41 bits per heavy atom. The summed E-state index contributed by atoms with van der Waals surface area (Å²) in [7, 11) is 1.64. The number of aliphatic hydroxyl groups is 1. The van der Waals surface area contributed by atoms with Crippen molar-refractivity contribution in [2.45, 2.75) is 13.5 Å². The molecule has 4 heteroatoms. The molecule has 1 amide bonds. The van der Waals surface area contributed by atoms with Crippen molar-refractivity contribution in [2.75, 3.05) is 20.3 Å². The van der Waals surface area contributed by atoms with E-state index in [1.54, 1.807) is 19.2 Å². The van der Waals surface area contributed by atoms with E-state index in [2.05, 4.69) is 5.32 Å². The Balaban J connectivity index is 2.51. The largest absolute Gasteiger partial charge is 0.396 e. The topological polar surface area (TPSA) is 58.6 Å². The Morgan fingerprint density at radius 2 is 2.06 bits per heavy atom. The van der Waals surface area contributed by atoms with Crippen LogP contribution in [0.5, 0.6) is 0 Å². The van der Waals surface area contributed by atoms with Crippen LogP contribution >= 0.6 is 0 Å². The molecular formula is C13H19NO3. The molecule has 17 heavy (non-hydrogen) atoms. The van der Waals surface area contributed by atoms with E-state index in [-0.39, 0.29) is 18.4 Å². The number of aliphatic hydroxyl groups excluding tert-OH is 1. The van der Waals surface area contributed by atoms with Gasteiger partial charge in [0.05, 0.1) is 6.61 Å². The van der Waals surface area contributed by atoms with Crippen molar-refractivity contribution >= 4 is 5.91 Å². The molecular weight excluding hydrogens is 218 g/mol. The maximum atomic E-state index is 11.7. The standard InChI is InChI=1S/C13H19NO3/c1-10(8-15)7-14-13(16)12-5-3-11(4-6-12)9-17-2/h3-6,10,15H,7-9H2,1-2H3,(H,14,16). The van der Waals surface area contributed by atoms with Crippen LogP contribution in [0, 0.1) is 5.92 Å². The molecule has 1 rings (SSSR count). The highest BCUT2D eigenvalue weighted by atomic mass is 16.5. The highest BCUT2D eigenvalue weighted by molar-refractivity contribution is 5.94. The first-order valence-electron chi connectivity index (χ1n) is 5.64. The molecule has 0 heterocycles. The smallest absolute Gasteiger partial charge is 0.251 e. The minimum absolute atomic E-state index is 0.0757. The van der Waals surface area contributed by atoms with E-state index in [1.807, 2.05) is 19.1 Å². The summed E-state index contributed by atoms with van der Waals surface area (Å²) in [6.45, 7) is 2.98. The van der Waals surface area contributed by atoms with Crippen LogP contribution < -0.4 is 5.32 Å². The first-order valence-corrected chi connectivity index (χ1v) is 5.64. The fourth-order valence-corrected chi connectivity index (χ4v) is 1.35. The van der Waals surface area contributed by atoms with Gasteiger partial charge in [-0.1, -0.05) is 19.1 Å². The van der Waals surface area contributed by atoms with Crippen molar-refractivity contribution in [1.29, 1.82) is 0 Å². The molecule has 0 bridgehead atoms. The van der Waals surface area contributed by atoms with Gasteiger partial charge in [-0.3, -0.25) is 4.79 Å². The third-order valence-electron chi connectivity index (χ3n) is 2.45. The minimum atomic E-state index is -0.116. The zero-order valence-electron chi connectivity index (χ0n) is 10.3. The Hall–Kier alpha value is -1.39. The quantitative estimate of drug-likeness (QED) is 0.781. The van der Waals surface area contributed by atoms with Gasteiger partial charge in [-0.15, -0.1) is 0 Å². The lowest BCUT2D eigenvalue weighted by Gasteiger charge is -2.09. The molecule has 2 N–H and O–H groups in total. The molecule has 1 unspecified atom stereocenters. The number of hydrogen-bond acceptors (Lipinski definition) is 3. The van der Waals surface area contributed by atoms with Gasteiger partial charge >= 0.3 is 0 Å². The number of ether oxygens (including phenoxy) is 1. The number of amides is 1. The van der Waals surface area contributed by atoms with Crippen LogP contribution in [0.2, 0.25) is 0 Å². The van der Waals surface area contributed by atoms with Gasteiger partial charge in [0.2, 0.25) is 0 Å². The predicted octanol–water partition coefficient (Wildman–Crippen LogP) is 1.19. The van der Waals surface area contributed by atoms with E-state index in [1.165, 1.54) is 0 Å². The molecule has 0 saturated heterocycles. The fourth-order valence-electron chi connectivity index (χ4n) is 1.35. The number of carbonyl (C=O) groups excluding carboxylic acids is 1. The Kier molecular flexibility index (Phi) is 5.66. The lowest BCUT2D eigenvalue weighted by molar-refractivity contribution is 0.0942. The van der Waals surface area contributed by atoms with Crippen molar-refractivity contribution < 1.29 is 14.6 Å². The summed E-state index contributed by atoms with van der Waals surface area (Å²) < 4.78 is 4.99.